The van der Waals surface area contributed by atoms with Crippen molar-refractivity contribution >= 4 is 29.2 Å². The molecule has 0 spiro atoms. The minimum atomic E-state index is -1.17. The van der Waals surface area contributed by atoms with Gasteiger partial charge in [0.15, 0.2) is 0 Å². The summed E-state index contributed by atoms with van der Waals surface area (Å²) in [5, 5.41) is 5.58. The molecule has 2 fully saturated rings. The standard InChI is InChI=1S/C25H28N4O4/c1-25(19-6-5-17-3-2-4-18(17)15-19)23(31)29(24(32)27-25)16-22(30)26-20-7-9-21(10-8-20)28-11-13-33-14-12-28/h5-10,15H,2-4,11-14,16H2,1H3,(H,26,30)(H,27,32). The van der Waals surface area contributed by atoms with Gasteiger partial charge in [0.1, 0.15) is 12.1 Å². The van der Waals surface area contributed by atoms with Crippen LogP contribution in [0.15, 0.2) is 42.5 Å². The maximum absolute atomic E-state index is 13.2. The lowest BCUT2D eigenvalue weighted by Crippen LogP contribution is -2.42. The quantitative estimate of drug-likeness (QED) is 0.686. The fraction of sp³-hybridized carbons (Fsp3) is 0.400. The molecule has 2 aromatic rings. The number of hydrogen-bond acceptors (Lipinski definition) is 5. The molecule has 3 aliphatic rings. The van der Waals surface area contributed by atoms with Crippen molar-refractivity contribution in [2.75, 3.05) is 43.1 Å². The third-order valence-corrected chi connectivity index (χ3v) is 6.78. The average Bonchev–Trinajstić information content (AvgIpc) is 3.38. The Bertz CT molecular complexity index is 1090. The molecule has 4 amide bonds. The number of benzene rings is 2. The number of aryl methyl sites for hydroxylation is 2. The molecule has 1 unspecified atom stereocenters. The highest BCUT2D eigenvalue weighted by Crippen LogP contribution is 2.32. The minimum absolute atomic E-state index is 0.337. The predicted molar refractivity (Wildman–Crippen MR) is 124 cm³/mol. The average molecular weight is 449 g/mol. The SMILES string of the molecule is CC1(c2ccc3c(c2)CCC3)NC(=O)N(CC(=O)Nc2ccc(N3CCOCC3)cc2)C1=O. The Morgan fingerprint density at radius 3 is 2.55 bits per heavy atom. The number of carbonyl (C=O) groups excluding carboxylic acids is 3. The number of amides is 4. The van der Waals surface area contributed by atoms with E-state index in [4.69, 9.17) is 4.74 Å². The number of carbonyl (C=O) groups is 3. The summed E-state index contributed by atoms with van der Waals surface area (Å²) in [6.07, 6.45) is 3.14. The lowest BCUT2D eigenvalue weighted by atomic mass is 9.89. The van der Waals surface area contributed by atoms with E-state index in [0.29, 0.717) is 18.9 Å². The molecule has 8 heteroatoms. The lowest BCUT2D eigenvalue weighted by molar-refractivity contribution is -0.133. The van der Waals surface area contributed by atoms with Gasteiger partial charge < -0.3 is 20.3 Å². The molecule has 2 N–H and O–H groups in total. The van der Waals surface area contributed by atoms with Crippen molar-refractivity contribution in [3.63, 3.8) is 0 Å². The van der Waals surface area contributed by atoms with Crippen LogP contribution in [0, 0.1) is 0 Å². The normalized spacial score (nSPS) is 22.3. The number of rotatable bonds is 5. The van der Waals surface area contributed by atoms with E-state index in [1.807, 2.05) is 42.5 Å². The third kappa shape index (κ3) is 4.06. The van der Waals surface area contributed by atoms with Crippen LogP contribution in [0.25, 0.3) is 0 Å². The Morgan fingerprint density at radius 1 is 1.06 bits per heavy atom. The molecule has 5 rings (SSSR count). The predicted octanol–water partition coefficient (Wildman–Crippen LogP) is 2.42. The zero-order chi connectivity index (χ0) is 23.0. The number of urea groups is 1. The van der Waals surface area contributed by atoms with E-state index in [1.165, 1.54) is 11.1 Å². The fourth-order valence-corrected chi connectivity index (χ4v) is 4.84. The van der Waals surface area contributed by atoms with Crippen LogP contribution < -0.4 is 15.5 Å². The number of nitrogens with zero attached hydrogens (tertiary/aromatic N) is 2. The molecular weight excluding hydrogens is 420 g/mol. The summed E-state index contributed by atoms with van der Waals surface area (Å²) in [6, 6.07) is 12.9. The zero-order valence-corrected chi connectivity index (χ0v) is 18.7. The summed E-state index contributed by atoms with van der Waals surface area (Å²) in [6.45, 7) is 4.44. The number of morpholine rings is 1. The van der Waals surface area contributed by atoms with E-state index in [2.05, 4.69) is 15.5 Å². The number of imide groups is 1. The maximum Gasteiger partial charge on any atom is 0.325 e. The van der Waals surface area contributed by atoms with Crippen molar-refractivity contribution in [2.45, 2.75) is 31.7 Å². The second-order valence-electron chi connectivity index (χ2n) is 8.98. The highest BCUT2D eigenvalue weighted by molar-refractivity contribution is 6.10. The number of anilines is 2. The monoisotopic (exact) mass is 448 g/mol. The molecule has 0 aromatic heterocycles. The molecule has 2 saturated heterocycles. The summed E-state index contributed by atoms with van der Waals surface area (Å²) < 4.78 is 5.38. The van der Waals surface area contributed by atoms with Crippen molar-refractivity contribution in [1.29, 1.82) is 0 Å². The van der Waals surface area contributed by atoms with Gasteiger partial charge in [-0.2, -0.15) is 0 Å². The summed E-state index contributed by atoms with van der Waals surface area (Å²) in [4.78, 5) is 41.7. The molecule has 0 radical (unpaired) electrons. The molecule has 0 saturated carbocycles. The third-order valence-electron chi connectivity index (χ3n) is 6.78. The highest BCUT2D eigenvalue weighted by atomic mass is 16.5. The molecule has 2 aromatic carbocycles. The summed E-state index contributed by atoms with van der Waals surface area (Å²) >= 11 is 0. The van der Waals surface area contributed by atoms with E-state index in [1.54, 1.807) is 6.92 Å². The molecule has 1 atom stereocenters. The number of nitrogens with one attached hydrogen (secondary N) is 2. The summed E-state index contributed by atoms with van der Waals surface area (Å²) in [7, 11) is 0. The Kier molecular flexibility index (Phi) is 5.54. The van der Waals surface area contributed by atoms with E-state index in [9.17, 15) is 14.4 Å². The van der Waals surface area contributed by atoms with Gasteiger partial charge in [0.2, 0.25) is 5.91 Å². The van der Waals surface area contributed by atoms with Gasteiger partial charge in [0.05, 0.1) is 13.2 Å². The Morgan fingerprint density at radius 2 is 1.79 bits per heavy atom. The van der Waals surface area contributed by atoms with Crippen LogP contribution in [0.1, 0.15) is 30.0 Å². The van der Waals surface area contributed by atoms with E-state index in [0.717, 1.165) is 48.5 Å². The van der Waals surface area contributed by atoms with Crippen molar-refractivity contribution in [3.05, 3.63) is 59.2 Å². The number of hydrogen-bond donors (Lipinski definition) is 2. The largest absolute Gasteiger partial charge is 0.378 e. The molecule has 1 aliphatic carbocycles. The van der Waals surface area contributed by atoms with Gasteiger partial charge >= 0.3 is 6.03 Å². The maximum atomic E-state index is 13.2. The van der Waals surface area contributed by atoms with Gasteiger partial charge in [-0.25, -0.2) is 4.79 Å². The molecule has 2 aliphatic heterocycles. The number of fused-ring (bicyclic) bond motifs is 1. The van der Waals surface area contributed by atoms with Gasteiger partial charge in [-0.1, -0.05) is 18.2 Å². The fourth-order valence-electron chi connectivity index (χ4n) is 4.84. The summed E-state index contributed by atoms with van der Waals surface area (Å²) in [5.74, 6) is -0.834. The van der Waals surface area contributed by atoms with Crippen LogP contribution in [0.4, 0.5) is 16.2 Å². The van der Waals surface area contributed by atoms with E-state index in [-0.39, 0.29) is 6.54 Å². The molecule has 0 bridgehead atoms. The van der Waals surface area contributed by atoms with Crippen molar-refractivity contribution < 1.29 is 19.1 Å². The second kappa shape index (κ2) is 8.51. The molecule has 172 valence electrons. The smallest absolute Gasteiger partial charge is 0.325 e. The Balaban J connectivity index is 1.24. The highest BCUT2D eigenvalue weighted by Gasteiger charge is 2.49. The van der Waals surface area contributed by atoms with Crippen LogP contribution in [-0.2, 0) is 32.7 Å². The lowest BCUT2D eigenvalue weighted by Gasteiger charge is -2.28. The van der Waals surface area contributed by atoms with Crippen molar-refractivity contribution in [2.24, 2.45) is 0 Å². The van der Waals surface area contributed by atoms with Gasteiger partial charge in [-0.05, 0) is 67.1 Å². The van der Waals surface area contributed by atoms with Crippen LogP contribution >= 0.6 is 0 Å². The topological polar surface area (TPSA) is 91.0 Å². The molecular formula is C25H28N4O4. The first-order valence-electron chi connectivity index (χ1n) is 11.4. The van der Waals surface area contributed by atoms with Gasteiger partial charge in [0.25, 0.3) is 5.91 Å². The zero-order valence-electron chi connectivity index (χ0n) is 18.7. The Hall–Kier alpha value is -3.39. The van der Waals surface area contributed by atoms with Crippen LogP contribution in [-0.4, -0.2) is 55.6 Å². The van der Waals surface area contributed by atoms with Crippen molar-refractivity contribution in [3.8, 4) is 0 Å². The van der Waals surface area contributed by atoms with Gasteiger partial charge in [-0.3, -0.25) is 14.5 Å². The van der Waals surface area contributed by atoms with Crippen LogP contribution in [0.2, 0.25) is 0 Å². The minimum Gasteiger partial charge on any atom is -0.378 e. The van der Waals surface area contributed by atoms with E-state index >= 15 is 0 Å². The van der Waals surface area contributed by atoms with E-state index < -0.39 is 23.4 Å². The first-order chi connectivity index (χ1) is 15.9. The first-order valence-corrected chi connectivity index (χ1v) is 11.4. The van der Waals surface area contributed by atoms with Gasteiger partial charge in [0, 0.05) is 24.5 Å². The van der Waals surface area contributed by atoms with Gasteiger partial charge in [-0.15, -0.1) is 0 Å². The summed E-state index contributed by atoms with van der Waals surface area (Å²) in [5.41, 5.74) is 3.79. The molecule has 2 heterocycles. The first kappa shape index (κ1) is 21.5. The molecule has 8 nitrogen and oxygen atoms in total. The van der Waals surface area contributed by atoms with Crippen LogP contribution in [0.5, 0.6) is 0 Å². The van der Waals surface area contributed by atoms with Crippen LogP contribution in [0.3, 0.4) is 0 Å². The van der Waals surface area contributed by atoms with Crippen molar-refractivity contribution in [1.82, 2.24) is 10.2 Å². The second-order valence-corrected chi connectivity index (χ2v) is 8.98. The Labute approximate surface area is 192 Å². The number of ether oxygens (including phenoxy) is 1. The molecule has 33 heavy (non-hydrogen) atoms.